The maximum atomic E-state index is 13.2. The van der Waals surface area contributed by atoms with Crippen LogP contribution in [0.5, 0.6) is 5.88 Å². The Morgan fingerprint density at radius 3 is 2.47 bits per heavy atom. The molecule has 0 N–H and O–H groups in total. The lowest BCUT2D eigenvalue weighted by Gasteiger charge is -2.47. The minimum absolute atomic E-state index is 0.154. The third-order valence-corrected chi connectivity index (χ3v) is 5.91. The molecular weight excluding hydrogens is 409 g/mol. The van der Waals surface area contributed by atoms with Gasteiger partial charge in [0.05, 0.1) is 5.56 Å². The molecule has 3 heterocycles. The van der Waals surface area contributed by atoms with Crippen LogP contribution in [-0.4, -0.2) is 51.5 Å². The fraction of sp³-hybridized carbons (Fsp3) is 0.458. The molecule has 2 aromatic heterocycles. The molecule has 0 aliphatic carbocycles. The van der Waals surface area contributed by atoms with Gasteiger partial charge in [-0.2, -0.15) is 0 Å². The van der Waals surface area contributed by atoms with E-state index in [1.165, 1.54) is 12.1 Å². The van der Waals surface area contributed by atoms with E-state index in [1.807, 2.05) is 19.1 Å². The molecule has 7 nitrogen and oxygen atoms in total. The summed E-state index contributed by atoms with van der Waals surface area (Å²) >= 11 is 0. The van der Waals surface area contributed by atoms with Crippen molar-refractivity contribution in [3.63, 3.8) is 0 Å². The lowest BCUT2D eigenvalue weighted by Crippen LogP contribution is -2.58. The molecule has 1 aromatic carbocycles. The van der Waals surface area contributed by atoms with E-state index in [0.717, 1.165) is 36.6 Å². The summed E-state index contributed by atoms with van der Waals surface area (Å²) in [6, 6.07) is 10.4. The van der Waals surface area contributed by atoms with E-state index in [2.05, 4.69) is 52.8 Å². The molecule has 0 bridgehead atoms. The van der Waals surface area contributed by atoms with Gasteiger partial charge in [0.15, 0.2) is 5.82 Å². The molecule has 1 saturated heterocycles. The molecule has 0 radical (unpaired) electrons. The Morgan fingerprint density at radius 1 is 1.09 bits per heavy atom. The number of nitrogens with zero attached hydrogens (tertiary/aromatic N) is 5. The first-order valence-corrected chi connectivity index (χ1v) is 10.9. The predicted molar refractivity (Wildman–Crippen MR) is 121 cm³/mol. The molecular formula is C24H30FN5O2. The van der Waals surface area contributed by atoms with E-state index < -0.39 is 0 Å². The third kappa shape index (κ3) is 4.75. The second kappa shape index (κ2) is 8.86. The largest absolute Gasteiger partial charge is 0.472 e. The molecule has 0 spiro atoms. The molecule has 4 rings (SSSR count). The van der Waals surface area contributed by atoms with Crippen LogP contribution in [0.25, 0.3) is 11.3 Å². The van der Waals surface area contributed by atoms with Crippen LogP contribution in [0.15, 0.2) is 40.9 Å². The van der Waals surface area contributed by atoms with Gasteiger partial charge in [-0.3, -0.25) is 4.90 Å². The zero-order valence-corrected chi connectivity index (χ0v) is 19.3. The van der Waals surface area contributed by atoms with Crippen LogP contribution in [0.2, 0.25) is 0 Å². The Bertz CT molecular complexity index is 1040. The van der Waals surface area contributed by atoms with Crippen LogP contribution < -0.4 is 9.64 Å². The molecule has 170 valence electrons. The average Bonchev–Trinajstić information content (AvgIpc) is 3.12. The molecule has 0 amide bonds. The van der Waals surface area contributed by atoms with E-state index in [4.69, 9.17) is 9.26 Å². The quantitative estimate of drug-likeness (QED) is 0.581. The summed E-state index contributed by atoms with van der Waals surface area (Å²) in [5.41, 5.74) is 2.36. The topological polar surface area (TPSA) is 67.5 Å². The fourth-order valence-electron chi connectivity index (χ4n) is 4.26. The molecule has 8 heteroatoms. The van der Waals surface area contributed by atoms with Crippen molar-refractivity contribution in [1.29, 1.82) is 0 Å². The number of aryl methyl sites for hydroxylation is 1. The Morgan fingerprint density at radius 2 is 1.84 bits per heavy atom. The van der Waals surface area contributed by atoms with Crippen molar-refractivity contribution < 1.29 is 13.7 Å². The lowest BCUT2D eigenvalue weighted by atomic mass is 10.0. The molecule has 1 aliphatic heterocycles. The van der Waals surface area contributed by atoms with Crippen LogP contribution in [0.1, 0.15) is 39.0 Å². The van der Waals surface area contributed by atoms with E-state index >= 15 is 0 Å². The number of ether oxygens (including phenoxy) is 1. The van der Waals surface area contributed by atoms with Gasteiger partial charge < -0.3 is 14.2 Å². The van der Waals surface area contributed by atoms with Gasteiger partial charge in [-0.05, 0) is 65.0 Å². The number of aromatic nitrogens is 3. The lowest BCUT2D eigenvalue weighted by molar-refractivity contribution is 0.0796. The number of hydrogen-bond donors (Lipinski definition) is 0. The highest BCUT2D eigenvalue weighted by Gasteiger charge is 2.31. The zero-order chi connectivity index (χ0) is 22.9. The van der Waals surface area contributed by atoms with Crippen molar-refractivity contribution in [3.8, 4) is 17.1 Å². The summed E-state index contributed by atoms with van der Waals surface area (Å²) in [4.78, 5) is 4.79. The smallest absolute Gasteiger partial charge is 0.233 e. The number of anilines is 1. The van der Waals surface area contributed by atoms with Gasteiger partial charge in [0, 0.05) is 42.8 Å². The fourth-order valence-corrected chi connectivity index (χ4v) is 4.26. The minimum atomic E-state index is -0.295. The number of piperazine rings is 1. The number of halogens is 1. The van der Waals surface area contributed by atoms with Crippen LogP contribution >= 0.6 is 0 Å². The number of hydrogen-bond acceptors (Lipinski definition) is 7. The van der Waals surface area contributed by atoms with E-state index in [0.29, 0.717) is 23.4 Å². The Kier molecular flexibility index (Phi) is 6.15. The summed E-state index contributed by atoms with van der Waals surface area (Å²) in [6.45, 7) is 13.9. The van der Waals surface area contributed by atoms with Crippen LogP contribution in [0.4, 0.5) is 10.2 Å². The van der Waals surface area contributed by atoms with E-state index in [-0.39, 0.29) is 18.0 Å². The van der Waals surface area contributed by atoms with Gasteiger partial charge >= 0.3 is 0 Å². The molecule has 1 aliphatic rings. The minimum Gasteiger partial charge on any atom is -0.472 e. The Balaban J connectivity index is 1.40. The molecule has 3 aromatic rings. The first kappa shape index (κ1) is 22.2. The first-order chi connectivity index (χ1) is 15.2. The maximum absolute atomic E-state index is 13.2. The van der Waals surface area contributed by atoms with Gasteiger partial charge in [-0.1, -0.05) is 5.16 Å². The summed E-state index contributed by atoms with van der Waals surface area (Å²) in [7, 11) is 0. The van der Waals surface area contributed by atoms with Crippen LogP contribution in [0.3, 0.4) is 0 Å². The van der Waals surface area contributed by atoms with Crippen LogP contribution in [-0.2, 0) is 6.61 Å². The van der Waals surface area contributed by atoms with Gasteiger partial charge in [-0.15, -0.1) is 10.2 Å². The predicted octanol–water partition coefficient (Wildman–Crippen LogP) is 4.47. The average molecular weight is 440 g/mol. The SMILES string of the molecule is Cc1onc(-c2ccc(F)cc2)c1COc1ccc(N2CCN(C(C)(C)C)C(C)C2)nn1. The first-order valence-electron chi connectivity index (χ1n) is 10.9. The van der Waals surface area contributed by atoms with Crippen molar-refractivity contribution in [2.24, 2.45) is 0 Å². The van der Waals surface area contributed by atoms with Gasteiger partial charge in [0.2, 0.25) is 5.88 Å². The summed E-state index contributed by atoms with van der Waals surface area (Å²) < 4.78 is 24.5. The summed E-state index contributed by atoms with van der Waals surface area (Å²) in [6.07, 6.45) is 0. The molecule has 32 heavy (non-hydrogen) atoms. The highest BCUT2D eigenvalue weighted by molar-refractivity contribution is 5.63. The normalized spacial score (nSPS) is 17.6. The second-order valence-electron chi connectivity index (χ2n) is 9.25. The molecule has 1 unspecified atom stereocenters. The van der Waals surface area contributed by atoms with E-state index in [1.54, 1.807) is 12.1 Å². The Labute approximate surface area is 188 Å². The van der Waals surface area contributed by atoms with Crippen molar-refractivity contribution >= 4 is 5.82 Å². The molecule has 1 atom stereocenters. The highest BCUT2D eigenvalue weighted by atomic mass is 19.1. The summed E-state index contributed by atoms with van der Waals surface area (Å²) in [5.74, 6) is 1.64. The van der Waals surface area contributed by atoms with Crippen molar-refractivity contribution in [2.75, 3.05) is 24.5 Å². The maximum Gasteiger partial charge on any atom is 0.233 e. The van der Waals surface area contributed by atoms with Crippen molar-refractivity contribution in [3.05, 3.63) is 53.5 Å². The highest BCUT2D eigenvalue weighted by Crippen LogP contribution is 2.27. The number of benzene rings is 1. The molecule has 0 saturated carbocycles. The van der Waals surface area contributed by atoms with Crippen molar-refractivity contribution in [1.82, 2.24) is 20.3 Å². The second-order valence-corrected chi connectivity index (χ2v) is 9.25. The summed E-state index contributed by atoms with van der Waals surface area (Å²) in [5, 5.41) is 12.8. The zero-order valence-electron chi connectivity index (χ0n) is 19.3. The monoisotopic (exact) mass is 439 g/mol. The Hall–Kier alpha value is -3.00. The van der Waals surface area contributed by atoms with Gasteiger partial charge in [-0.25, -0.2) is 4.39 Å². The molecule has 1 fully saturated rings. The third-order valence-electron chi connectivity index (χ3n) is 5.91. The standard InChI is InChI=1S/C24H30FN5O2/c1-16-14-29(12-13-30(16)24(3,4)5)21-10-11-22(27-26-21)31-15-20-17(2)32-28-23(20)18-6-8-19(25)9-7-18/h6-11,16H,12-15H2,1-5H3. The number of rotatable bonds is 5. The van der Waals surface area contributed by atoms with Crippen LogP contribution in [0, 0.1) is 12.7 Å². The van der Waals surface area contributed by atoms with Crippen molar-refractivity contribution in [2.45, 2.75) is 52.8 Å². The van der Waals surface area contributed by atoms with E-state index in [9.17, 15) is 4.39 Å². The van der Waals surface area contributed by atoms with Gasteiger partial charge in [0.25, 0.3) is 0 Å². The van der Waals surface area contributed by atoms with Gasteiger partial charge in [0.1, 0.15) is 23.9 Å².